The van der Waals surface area contributed by atoms with Gasteiger partial charge in [-0.05, 0) is 16.7 Å². The maximum Gasteiger partial charge on any atom is 0.0868 e. The smallest absolute Gasteiger partial charge is 0.0868 e. The van der Waals surface area contributed by atoms with Gasteiger partial charge in [-0.25, -0.2) is 0 Å². The summed E-state index contributed by atoms with van der Waals surface area (Å²) in [5.74, 6) is 0.0408. The number of aliphatic hydroxyl groups is 1. The minimum absolute atomic E-state index is 0.0408. The lowest BCUT2D eigenvalue weighted by atomic mass is 9.82. The Balaban J connectivity index is 1.90. The SMILES string of the molecule is [N-]=[N+]=N[C@@H]1CO[C@@H](C(c2ccccc2)c2ccccc2)C[C@@H]1O. The van der Waals surface area contributed by atoms with Crippen molar-refractivity contribution >= 4 is 0 Å². The van der Waals surface area contributed by atoms with Gasteiger partial charge in [0, 0.05) is 17.3 Å². The highest BCUT2D eigenvalue weighted by Crippen LogP contribution is 2.34. The van der Waals surface area contributed by atoms with Crippen LogP contribution in [0.4, 0.5) is 0 Å². The summed E-state index contributed by atoms with van der Waals surface area (Å²) in [7, 11) is 0. The Morgan fingerprint density at radius 3 is 2.09 bits per heavy atom. The van der Waals surface area contributed by atoms with Gasteiger partial charge in [0.25, 0.3) is 0 Å². The predicted octanol–water partition coefficient (Wildman–Crippen LogP) is 3.65. The molecular formula is C18H19N3O2. The van der Waals surface area contributed by atoms with Crippen molar-refractivity contribution in [3.63, 3.8) is 0 Å². The molecule has 2 aromatic carbocycles. The van der Waals surface area contributed by atoms with Crippen LogP contribution in [-0.4, -0.2) is 30.0 Å². The lowest BCUT2D eigenvalue weighted by Crippen LogP contribution is -2.42. The van der Waals surface area contributed by atoms with E-state index in [0.717, 1.165) is 11.1 Å². The molecule has 0 aromatic heterocycles. The molecule has 1 aliphatic heterocycles. The molecule has 3 rings (SSSR count). The third kappa shape index (κ3) is 3.54. The molecule has 1 N–H and O–H groups in total. The van der Waals surface area contributed by atoms with Gasteiger partial charge >= 0.3 is 0 Å². The molecule has 0 amide bonds. The second-order valence-corrected chi connectivity index (χ2v) is 5.75. The third-order valence-electron chi connectivity index (χ3n) is 4.29. The van der Waals surface area contributed by atoms with E-state index in [-0.39, 0.29) is 18.6 Å². The van der Waals surface area contributed by atoms with Crippen molar-refractivity contribution in [2.45, 2.75) is 30.6 Å². The van der Waals surface area contributed by atoms with E-state index in [9.17, 15) is 5.11 Å². The van der Waals surface area contributed by atoms with Crippen molar-refractivity contribution in [1.82, 2.24) is 0 Å². The number of azide groups is 1. The molecular weight excluding hydrogens is 290 g/mol. The fourth-order valence-corrected chi connectivity index (χ4v) is 3.15. The number of ether oxygens (including phenoxy) is 1. The second-order valence-electron chi connectivity index (χ2n) is 5.75. The van der Waals surface area contributed by atoms with Crippen molar-refractivity contribution in [2.75, 3.05) is 6.61 Å². The van der Waals surface area contributed by atoms with Gasteiger partial charge in [-0.1, -0.05) is 65.8 Å². The average Bonchev–Trinajstić information content (AvgIpc) is 2.60. The lowest BCUT2D eigenvalue weighted by Gasteiger charge is -2.36. The molecule has 23 heavy (non-hydrogen) atoms. The van der Waals surface area contributed by atoms with Crippen LogP contribution in [0.1, 0.15) is 23.5 Å². The Hall–Kier alpha value is -2.33. The number of hydrogen-bond donors (Lipinski definition) is 1. The lowest BCUT2D eigenvalue weighted by molar-refractivity contribution is -0.0623. The quantitative estimate of drug-likeness (QED) is 0.531. The van der Waals surface area contributed by atoms with Crippen LogP contribution in [0.3, 0.4) is 0 Å². The summed E-state index contributed by atoms with van der Waals surface area (Å²) in [5.41, 5.74) is 10.9. The number of benzene rings is 2. The van der Waals surface area contributed by atoms with Crippen LogP contribution in [0.15, 0.2) is 65.8 Å². The Morgan fingerprint density at radius 2 is 1.61 bits per heavy atom. The average molecular weight is 309 g/mol. The summed E-state index contributed by atoms with van der Waals surface area (Å²) in [4.78, 5) is 2.78. The molecule has 0 saturated carbocycles. The molecule has 1 saturated heterocycles. The second kappa shape index (κ2) is 7.29. The summed E-state index contributed by atoms with van der Waals surface area (Å²) >= 11 is 0. The Bertz CT molecular complexity index is 632. The topological polar surface area (TPSA) is 78.2 Å². The van der Waals surface area contributed by atoms with Crippen LogP contribution in [0.5, 0.6) is 0 Å². The molecule has 0 spiro atoms. The van der Waals surface area contributed by atoms with Crippen LogP contribution >= 0.6 is 0 Å². The van der Waals surface area contributed by atoms with E-state index in [2.05, 4.69) is 34.3 Å². The fourth-order valence-electron chi connectivity index (χ4n) is 3.15. The largest absolute Gasteiger partial charge is 0.393 e. The minimum Gasteiger partial charge on any atom is -0.393 e. The first kappa shape index (κ1) is 15.6. The first-order valence-electron chi connectivity index (χ1n) is 7.73. The molecule has 5 nitrogen and oxygen atoms in total. The third-order valence-corrected chi connectivity index (χ3v) is 4.29. The monoisotopic (exact) mass is 309 g/mol. The van der Waals surface area contributed by atoms with Gasteiger partial charge < -0.3 is 9.84 Å². The van der Waals surface area contributed by atoms with E-state index in [4.69, 9.17) is 10.3 Å². The molecule has 2 aromatic rings. The predicted molar refractivity (Wildman–Crippen MR) is 88.0 cm³/mol. The Morgan fingerprint density at radius 1 is 1.04 bits per heavy atom. The first-order chi connectivity index (χ1) is 11.3. The van der Waals surface area contributed by atoms with Gasteiger partial charge in [0.15, 0.2) is 0 Å². The molecule has 5 heteroatoms. The zero-order valence-corrected chi connectivity index (χ0v) is 12.7. The standard InChI is InChI=1S/C18H19N3O2/c19-21-20-15-12-23-17(11-16(15)22)18(13-7-3-1-4-8-13)14-9-5-2-6-10-14/h1-10,15-18,22H,11-12H2/t15-,16+,17-/m1/s1. The van der Waals surface area contributed by atoms with E-state index in [1.807, 2.05) is 36.4 Å². The van der Waals surface area contributed by atoms with Crippen molar-refractivity contribution in [3.8, 4) is 0 Å². The highest BCUT2D eigenvalue weighted by atomic mass is 16.5. The first-order valence-corrected chi connectivity index (χ1v) is 7.73. The summed E-state index contributed by atoms with van der Waals surface area (Å²) < 4.78 is 5.96. The Kier molecular flexibility index (Phi) is 4.93. The van der Waals surface area contributed by atoms with Gasteiger partial charge in [-0.3, -0.25) is 0 Å². The number of nitrogens with zero attached hydrogens (tertiary/aromatic N) is 3. The molecule has 1 fully saturated rings. The molecule has 0 bridgehead atoms. The van der Waals surface area contributed by atoms with Crippen LogP contribution in [0.25, 0.3) is 10.4 Å². The van der Waals surface area contributed by atoms with E-state index in [0.29, 0.717) is 6.42 Å². The summed E-state index contributed by atoms with van der Waals surface area (Å²) in [6.07, 6.45) is -0.391. The van der Waals surface area contributed by atoms with Crippen molar-refractivity contribution in [1.29, 1.82) is 0 Å². The van der Waals surface area contributed by atoms with Crippen LogP contribution in [0, 0.1) is 0 Å². The zero-order valence-electron chi connectivity index (χ0n) is 12.7. The fraction of sp³-hybridized carbons (Fsp3) is 0.333. The molecule has 1 aliphatic rings. The van der Waals surface area contributed by atoms with Gasteiger partial charge in [0.1, 0.15) is 0 Å². The molecule has 1 heterocycles. The van der Waals surface area contributed by atoms with Crippen molar-refractivity contribution < 1.29 is 9.84 Å². The number of rotatable bonds is 4. The van der Waals surface area contributed by atoms with E-state index < -0.39 is 12.1 Å². The highest BCUT2D eigenvalue weighted by Gasteiger charge is 2.35. The van der Waals surface area contributed by atoms with Gasteiger partial charge in [0.05, 0.1) is 24.9 Å². The van der Waals surface area contributed by atoms with Crippen LogP contribution in [-0.2, 0) is 4.74 Å². The Labute approximate surface area is 135 Å². The van der Waals surface area contributed by atoms with Crippen molar-refractivity contribution in [3.05, 3.63) is 82.2 Å². The van der Waals surface area contributed by atoms with Crippen LogP contribution in [0.2, 0.25) is 0 Å². The molecule has 0 aliphatic carbocycles. The molecule has 0 radical (unpaired) electrons. The van der Waals surface area contributed by atoms with E-state index in [1.165, 1.54) is 0 Å². The summed E-state index contributed by atoms with van der Waals surface area (Å²) in [5, 5.41) is 13.9. The molecule has 118 valence electrons. The summed E-state index contributed by atoms with van der Waals surface area (Å²) in [6, 6.07) is 19.8. The normalized spacial score (nSPS) is 24.2. The maximum absolute atomic E-state index is 10.3. The van der Waals surface area contributed by atoms with Crippen LogP contribution < -0.4 is 0 Å². The zero-order chi connectivity index (χ0) is 16.1. The molecule has 3 atom stereocenters. The van der Waals surface area contributed by atoms with Gasteiger partial charge in [0.2, 0.25) is 0 Å². The van der Waals surface area contributed by atoms with Gasteiger partial charge in [-0.15, -0.1) is 0 Å². The minimum atomic E-state index is -0.681. The maximum atomic E-state index is 10.3. The summed E-state index contributed by atoms with van der Waals surface area (Å²) in [6.45, 7) is 0.242. The number of aliphatic hydroxyl groups excluding tert-OH is 1. The van der Waals surface area contributed by atoms with Crippen molar-refractivity contribution in [2.24, 2.45) is 5.11 Å². The van der Waals surface area contributed by atoms with Gasteiger partial charge in [-0.2, -0.15) is 0 Å². The highest BCUT2D eigenvalue weighted by molar-refractivity contribution is 5.34. The van der Waals surface area contributed by atoms with E-state index in [1.54, 1.807) is 0 Å². The molecule has 0 unspecified atom stereocenters. The van der Waals surface area contributed by atoms with E-state index >= 15 is 0 Å². The number of hydrogen-bond acceptors (Lipinski definition) is 3.